The van der Waals surface area contributed by atoms with E-state index in [-0.39, 0.29) is 23.8 Å². The molecule has 0 saturated heterocycles. The minimum atomic E-state index is -1.01. The summed E-state index contributed by atoms with van der Waals surface area (Å²) in [5, 5.41) is 14.4. The monoisotopic (exact) mass is 528 g/mol. The van der Waals surface area contributed by atoms with Gasteiger partial charge in [0, 0.05) is 29.7 Å². The molecule has 6 rings (SSSR count). The maximum Gasteiger partial charge on any atom is 0.335 e. The third-order valence-corrected chi connectivity index (χ3v) is 7.10. The number of hydrogen-bond donors (Lipinski definition) is 2. The lowest BCUT2D eigenvalue weighted by Crippen LogP contribution is -2.25. The number of rotatable bonds is 7. The number of carbonyl (C=O) groups is 2. The van der Waals surface area contributed by atoms with Gasteiger partial charge in [0.05, 0.1) is 5.56 Å². The molecule has 4 aromatic carbocycles. The molecule has 5 nitrogen and oxygen atoms in total. The first kappa shape index (κ1) is 25.1. The summed E-state index contributed by atoms with van der Waals surface area (Å²) in [4.78, 5) is 24.8. The molecule has 40 heavy (non-hydrogen) atoms. The molecule has 196 valence electrons. The van der Waals surface area contributed by atoms with Crippen LogP contribution in [-0.2, 0) is 13.0 Å². The zero-order chi connectivity index (χ0) is 27.6. The standard InChI is InChI=1S/C34H25FN2O3/c35-31-8-4-3-7-30(31)27-19-29-16-15-28(18-23-11-12-24-5-1-2-6-26(24)17-23)37(29)32(20-27)33(38)36-21-22-9-13-25(14-10-22)34(39)40/h1-17,19-20H,18,21H2,(H,36,38)(H,39,40). The van der Waals surface area contributed by atoms with E-state index in [1.54, 1.807) is 36.4 Å². The van der Waals surface area contributed by atoms with Crippen LogP contribution in [0.5, 0.6) is 0 Å². The second kappa shape index (κ2) is 10.5. The minimum Gasteiger partial charge on any atom is -0.478 e. The quantitative estimate of drug-likeness (QED) is 0.232. The Bertz CT molecular complexity index is 1890. The number of carboxylic acid groups (broad SMARTS) is 1. The highest BCUT2D eigenvalue weighted by Gasteiger charge is 2.17. The number of benzene rings is 4. The van der Waals surface area contributed by atoms with Gasteiger partial charge in [0.2, 0.25) is 0 Å². The maximum absolute atomic E-state index is 14.7. The predicted octanol–water partition coefficient (Wildman–Crippen LogP) is 7.12. The van der Waals surface area contributed by atoms with E-state index in [0.29, 0.717) is 23.2 Å². The summed E-state index contributed by atoms with van der Waals surface area (Å²) in [6, 6.07) is 35.0. The highest BCUT2D eigenvalue weighted by Crippen LogP contribution is 2.28. The van der Waals surface area contributed by atoms with Crippen molar-refractivity contribution in [3.63, 3.8) is 0 Å². The molecule has 0 radical (unpaired) electrons. The number of carboxylic acids is 1. The normalized spacial score (nSPS) is 11.1. The molecule has 6 aromatic rings. The van der Waals surface area contributed by atoms with Gasteiger partial charge in [-0.3, -0.25) is 4.79 Å². The summed E-state index contributed by atoms with van der Waals surface area (Å²) >= 11 is 0. The Morgan fingerprint density at radius 3 is 2.25 bits per heavy atom. The van der Waals surface area contributed by atoms with Crippen molar-refractivity contribution < 1.29 is 19.1 Å². The van der Waals surface area contributed by atoms with E-state index in [1.807, 2.05) is 34.7 Å². The first-order valence-electron chi connectivity index (χ1n) is 12.9. The van der Waals surface area contributed by atoms with Crippen LogP contribution in [0.1, 0.15) is 37.7 Å². The van der Waals surface area contributed by atoms with Crippen LogP contribution in [0.2, 0.25) is 0 Å². The summed E-state index contributed by atoms with van der Waals surface area (Å²) in [6.07, 6.45) is 0.606. The molecule has 0 atom stereocenters. The molecule has 0 aliphatic rings. The lowest BCUT2D eigenvalue weighted by Gasteiger charge is -2.14. The fraction of sp³-hybridized carbons (Fsp3) is 0.0588. The highest BCUT2D eigenvalue weighted by atomic mass is 19.1. The van der Waals surface area contributed by atoms with Gasteiger partial charge in [-0.15, -0.1) is 0 Å². The number of fused-ring (bicyclic) bond motifs is 2. The first-order valence-corrected chi connectivity index (χ1v) is 12.9. The molecule has 0 bridgehead atoms. The molecule has 6 heteroatoms. The van der Waals surface area contributed by atoms with Crippen molar-refractivity contribution in [1.29, 1.82) is 0 Å². The second-order valence-electron chi connectivity index (χ2n) is 9.74. The number of pyridine rings is 1. The van der Waals surface area contributed by atoms with Gasteiger partial charge in [0.25, 0.3) is 5.91 Å². The Balaban J connectivity index is 1.38. The van der Waals surface area contributed by atoms with E-state index >= 15 is 0 Å². The number of halogens is 1. The molecule has 0 aliphatic carbocycles. The topological polar surface area (TPSA) is 70.8 Å². The minimum absolute atomic E-state index is 0.181. The summed E-state index contributed by atoms with van der Waals surface area (Å²) in [7, 11) is 0. The summed E-state index contributed by atoms with van der Waals surface area (Å²) in [6.45, 7) is 0.214. The Morgan fingerprint density at radius 1 is 0.750 bits per heavy atom. The molecule has 2 heterocycles. The molecule has 0 saturated carbocycles. The van der Waals surface area contributed by atoms with Crippen molar-refractivity contribution >= 4 is 28.2 Å². The number of aromatic nitrogens is 1. The van der Waals surface area contributed by atoms with Crippen LogP contribution in [0.25, 0.3) is 27.4 Å². The molecular formula is C34H25FN2O3. The van der Waals surface area contributed by atoms with Crippen LogP contribution in [0.4, 0.5) is 4.39 Å². The van der Waals surface area contributed by atoms with Gasteiger partial charge in [-0.2, -0.15) is 0 Å². The Morgan fingerprint density at radius 2 is 1.48 bits per heavy atom. The largest absolute Gasteiger partial charge is 0.478 e. The lowest BCUT2D eigenvalue weighted by molar-refractivity contribution is 0.0696. The van der Waals surface area contributed by atoms with E-state index in [2.05, 4.69) is 35.6 Å². The van der Waals surface area contributed by atoms with Gasteiger partial charge in [-0.1, -0.05) is 72.8 Å². The molecule has 2 aromatic heterocycles. The predicted molar refractivity (Wildman–Crippen MR) is 154 cm³/mol. The maximum atomic E-state index is 14.7. The van der Waals surface area contributed by atoms with E-state index < -0.39 is 5.97 Å². The SMILES string of the molecule is O=C(O)c1ccc(CNC(=O)c2cc(-c3ccccc3F)cc3ccc(Cc4ccc5ccccc5c4)n23)cc1. The molecule has 0 spiro atoms. The van der Waals surface area contributed by atoms with E-state index in [1.165, 1.54) is 18.2 Å². The van der Waals surface area contributed by atoms with E-state index in [4.69, 9.17) is 5.11 Å². The third-order valence-electron chi connectivity index (χ3n) is 7.10. The van der Waals surface area contributed by atoms with Gasteiger partial charge in [-0.05, 0) is 69.9 Å². The first-order chi connectivity index (χ1) is 19.5. The van der Waals surface area contributed by atoms with Crippen molar-refractivity contribution in [2.45, 2.75) is 13.0 Å². The summed E-state index contributed by atoms with van der Waals surface area (Å²) in [5.74, 6) is -1.68. The summed E-state index contributed by atoms with van der Waals surface area (Å²) in [5.41, 5.74) is 5.19. The van der Waals surface area contributed by atoms with Crippen LogP contribution < -0.4 is 5.32 Å². The zero-order valence-corrected chi connectivity index (χ0v) is 21.5. The number of nitrogens with zero attached hydrogens (tertiary/aromatic N) is 1. The number of amides is 1. The molecule has 0 aliphatic heterocycles. The van der Waals surface area contributed by atoms with Gasteiger partial charge < -0.3 is 14.8 Å². The smallest absolute Gasteiger partial charge is 0.335 e. The number of aromatic carboxylic acids is 1. The van der Waals surface area contributed by atoms with Gasteiger partial charge in [0.1, 0.15) is 11.5 Å². The number of hydrogen-bond acceptors (Lipinski definition) is 2. The van der Waals surface area contributed by atoms with E-state index in [0.717, 1.165) is 33.1 Å². The molecular weight excluding hydrogens is 503 g/mol. The van der Waals surface area contributed by atoms with Gasteiger partial charge in [-0.25, -0.2) is 9.18 Å². The van der Waals surface area contributed by atoms with Crippen LogP contribution >= 0.6 is 0 Å². The Kier molecular flexibility index (Phi) is 6.58. The van der Waals surface area contributed by atoms with E-state index in [9.17, 15) is 14.0 Å². The van der Waals surface area contributed by atoms with Gasteiger partial charge in [0.15, 0.2) is 0 Å². The van der Waals surface area contributed by atoms with Crippen molar-refractivity contribution in [1.82, 2.24) is 9.72 Å². The average Bonchev–Trinajstić information content (AvgIpc) is 3.38. The van der Waals surface area contributed by atoms with Crippen molar-refractivity contribution in [3.05, 3.63) is 149 Å². The van der Waals surface area contributed by atoms with Crippen molar-refractivity contribution in [2.24, 2.45) is 0 Å². The fourth-order valence-electron chi connectivity index (χ4n) is 5.07. The van der Waals surface area contributed by atoms with Gasteiger partial charge >= 0.3 is 5.97 Å². The molecule has 0 fully saturated rings. The van der Waals surface area contributed by atoms with Crippen LogP contribution in [0.3, 0.4) is 0 Å². The second-order valence-corrected chi connectivity index (χ2v) is 9.74. The van der Waals surface area contributed by atoms with Crippen LogP contribution in [0.15, 0.2) is 115 Å². The van der Waals surface area contributed by atoms with Crippen molar-refractivity contribution in [3.8, 4) is 11.1 Å². The molecule has 2 N–H and O–H groups in total. The van der Waals surface area contributed by atoms with Crippen LogP contribution in [-0.4, -0.2) is 21.4 Å². The molecule has 1 amide bonds. The number of nitrogens with one attached hydrogen (secondary N) is 1. The summed E-state index contributed by atoms with van der Waals surface area (Å²) < 4.78 is 16.7. The fourth-order valence-corrected chi connectivity index (χ4v) is 5.07. The third kappa shape index (κ3) is 4.95. The highest BCUT2D eigenvalue weighted by molar-refractivity contribution is 5.95. The Labute approximate surface area is 230 Å². The van der Waals surface area contributed by atoms with Crippen molar-refractivity contribution in [2.75, 3.05) is 0 Å². The zero-order valence-electron chi connectivity index (χ0n) is 21.5. The molecule has 0 unspecified atom stereocenters. The number of carbonyl (C=O) groups excluding carboxylic acids is 1. The average molecular weight is 529 g/mol. The van der Waals surface area contributed by atoms with Crippen LogP contribution in [0, 0.1) is 5.82 Å². The lowest BCUT2D eigenvalue weighted by atomic mass is 10.0. The Hall–Kier alpha value is -5.23.